The minimum Gasteiger partial charge on any atom is -0.485 e. The normalized spacial score (nSPS) is 12.2. The van der Waals surface area contributed by atoms with Crippen molar-refractivity contribution >= 4 is 22.4 Å². The molecule has 0 saturated carbocycles. The third kappa shape index (κ3) is 3.20. The quantitative estimate of drug-likeness (QED) is 0.558. The SMILES string of the molecule is ClCC[C@@H](Oc1cccc2ccccc12)c1ccccc1. The molecule has 106 valence electrons. The van der Waals surface area contributed by atoms with Gasteiger partial charge in [-0.2, -0.15) is 0 Å². The van der Waals surface area contributed by atoms with Crippen molar-refractivity contribution in [3.63, 3.8) is 0 Å². The average Bonchev–Trinajstić information content (AvgIpc) is 2.55. The number of fused-ring (bicyclic) bond motifs is 1. The van der Waals surface area contributed by atoms with Crippen LogP contribution in [0.1, 0.15) is 18.1 Å². The maximum absolute atomic E-state index is 6.27. The standard InChI is InChI=1S/C19H17ClO/c20-14-13-18(16-8-2-1-3-9-16)21-19-12-6-10-15-7-4-5-11-17(15)19/h1-12,18H,13-14H2/t18-/m1/s1. The zero-order valence-electron chi connectivity index (χ0n) is 11.7. The molecule has 0 aromatic heterocycles. The van der Waals surface area contributed by atoms with Crippen molar-refractivity contribution in [3.05, 3.63) is 78.4 Å². The first kappa shape index (κ1) is 14.0. The molecule has 21 heavy (non-hydrogen) atoms. The molecule has 3 aromatic rings. The van der Waals surface area contributed by atoms with E-state index in [0.29, 0.717) is 5.88 Å². The van der Waals surface area contributed by atoms with Crippen molar-refractivity contribution in [2.24, 2.45) is 0 Å². The first-order valence-electron chi connectivity index (χ1n) is 7.14. The van der Waals surface area contributed by atoms with E-state index in [0.717, 1.165) is 23.1 Å². The van der Waals surface area contributed by atoms with Crippen molar-refractivity contribution < 1.29 is 4.74 Å². The van der Waals surface area contributed by atoms with Crippen LogP contribution in [0.2, 0.25) is 0 Å². The van der Waals surface area contributed by atoms with E-state index in [1.54, 1.807) is 0 Å². The molecule has 2 heteroatoms. The second-order valence-electron chi connectivity index (χ2n) is 4.97. The van der Waals surface area contributed by atoms with E-state index in [2.05, 4.69) is 30.3 Å². The lowest BCUT2D eigenvalue weighted by atomic mass is 10.1. The van der Waals surface area contributed by atoms with E-state index < -0.39 is 0 Å². The van der Waals surface area contributed by atoms with E-state index in [1.807, 2.05) is 42.5 Å². The fourth-order valence-corrected chi connectivity index (χ4v) is 2.71. The van der Waals surface area contributed by atoms with Crippen LogP contribution in [0.4, 0.5) is 0 Å². The summed E-state index contributed by atoms with van der Waals surface area (Å²) in [5.74, 6) is 1.48. The molecular weight excluding hydrogens is 280 g/mol. The van der Waals surface area contributed by atoms with Gasteiger partial charge in [0.2, 0.25) is 0 Å². The van der Waals surface area contributed by atoms with Crippen LogP contribution in [0.15, 0.2) is 72.8 Å². The lowest BCUT2D eigenvalue weighted by Crippen LogP contribution is -2.08. The van der Waals surface area contributed by atoms with Crippen LogP contribution in [0.25, 0.3) is 10.8 Å². The minimum atomic E-state index is -0.0190. The first-order valence-corrected chi connectivity index (χ1v) is 7.67. The molecule has 0 amide bonds. The lowest BCUT2D eigenvalue weighted by Gasteiger charge is -2.20. The average molecular weight is 297 g/mol. The van der Waals surface area contributed by atoms with Crippen molar-refractivity contribution in [1.82, 2.24) is 0 Å². The molecule has 0 fully saturated rings. The van der Waals surface area contributed by atoms with Gasteiger partial charge in [0.15, 0.2) is 0 Å². The Balaban J connectivity index is 1.95. The zero-order chi connectivity index (χ0) is 14.5. The Bertz CT molecular complexity index is 704. The van der Waals surface area contributed by atoms with Gasteiger partial charge >= 0.3 is 0 Å². The Hall–Kier alpha value is -1.99. The molecule has 1 atom stereocenters. The molecule has 0 N–H and O–H groups in total. The molecule has 0 radical (unpaired) electrons. The Morgan fingerprint density at radius 3 is 2.33 bits per heavy atom. The fourth-order valence-electron chi connectivity index (χ4n) is 2.51. The lowest BCUT2D eigenvalue weighted by molar-refractivity contribution is 0.205. The van der Waals surface area contributed by atoms with E-state index in [9.17, 15) is 0 Å². The summed E-state index contributed by atoms with van der Waals surface area (Å²) < 4.78 is 6.27. The second kappa shape index (κ2) is 6.64. The topological polar surface area (TPSA) is 9.23 Å². The maximum Gasteiger partial charge on any atom is 0.128 e. The van der Waals surface area contributed by atoms with Gasteiger partial charge in [-0.1, -0.05) is 66.7 Å². The molecule has 3 rings (SSSR count). The second-order valence-corrected chi connectivity index (χ2v) is 5.35. The minimum absolute atomic E-state index is 0.0190. The molecule has 3 aromatic carbocycles. The number of alkyl halides is 1. The highest BCUT2D eigenvalue weighted by molar-refractivity contribution is 6.17. The van der Waals surface area contributed by atoms with Gasteiger partial charge in [-0.25, -0.2) is 0 Å². The summed E-state index contributed by atoms with van der Waals surface area (Å²) in [4.78, 5) is 0. The van der Waals surface area contributed by atoms with Crippen molar-refractivity contribution in [2.45, 2.75) is 12.5 Å². The highest BCUT2D eigenvalue weighted by Gasteiger charge is 2.13. The van der Waals surface area contributed by atoms with E-state index in [-0.39, 0.29) is 6.10 Å². The summed E-state index contributed by atoms with van der Waals surface area (Å²) in [6.07, 6.45) is 0.768. The van der Waals surface area contributed by atoms with Crippen molar-refractivity contribution in [1.29, 1.82) is 0 Å². The summed E-state index contributed by atoms with van der Waals surface area (Å²) in [6.45, 7) is 0. The van der Waals surface area contributed by atoms with E-state index >= 15 is 0 Å². The van der Waals surface area contributed by atoms with Gasteiger partial charge in [0.25, 0.3) is 0 Å². The van der Waals surface area contributed by atoms with Gasteiger partial charge in [0.05, 0.1) is 0 Å². The third-order valence-electron chi connectivity index (χ3n) is 3.56. The number of benzene rings is 3. The Morgan fingerprint density at radius 1 is 0.810 bits per heavy atom. The number of rotatable bonds is 5. The molecule has 0 spiro atoms. The summed E-state index contributed by atoms with van der Waals surface area (Å²) in [5, 5.41) is 2.32. The number of ether oxygens (including phenoxy) is 1. The first-order chi connectivity index (χ1) is 10.4. The summed E-state index contributed by atoms with van der Waals surface area (Å²) in [5.41, 5.74) is 1.16. The molecule has 0 saturated heterocycles. The number of halogens is 1. The van der Waals surface area contributed by atoms with Gasteiger partial charge in [-0.05, 0) is 17.0 Å². The predicted molar refractivity (Wildman–Crippen MR) is 89.1 cm³/mol. The van der Waals surface area contributed by atoms with Gasteiger partial charge in [0.1, 0.15) is 11.9 Å². The molecular formula is C19H17ClO. The van der Waals surface area contributed by atoms with E-state index in [4.69, 9.17) is 16.3 Å². The molecule has 0 aliphatic rings. The highest BCUT2D eigenvalue weighted by Crippen LogP contribution is 2.31. The van der Waals surface area contributed by atoms with Gasteiger partial charge in [-0.15, -0.1) is 11.6 Å². The van der Waals surface area contributed by atoms with Crippen LogP contribution in [-0.2, 0) is 0 Å². The number of hydrogen-bond donors (Lipinski definition) is 0. The van der Waals surface area contributed by atoms with Crippen LogP contribution in [0.5, 0.6) is 5.75 Å². The predicted octanol–water partition coefficient (Wildman–Crippen LogP) is 5.59. The highest BCUT2D eigenvalue weighted by atomic mass is 35.5. The van der Waals surface area contributed by atoms with Crippen LogP contribution >= 0.6 is 11.6 Å². The van der Waals surface area contributed by atoms with Crippen LogP contribution in [0.3, 0.4) is 0 Å². The summed E-state index contributed by atoms with van der Waals surface area (Å²) in [7, 11) is 0. The third-order valence-corrected chi connectivity index (χ3v) is 3.78. The number of hydrogen-bond acceptors (Lipinski definition) is 1. The smallest absolute Gasteiger partial charge is 0.128 e. The Morgan fingerprint density at radius 2 is 1.52 bits per heavy atom. The maximum atomic E-state index is 6.27. The summed E-state index contributed by atoms with van der Waals surface area (Å²) >= 11 is 5.95. The fraction of sp³-hybridized carbons (Fsp3) is 0.158. The zero-order valence-corrected chi connectivity index (χ0v) is 12.5. The monoisotopic (exact) mass is 296 g/mol. The van der Waals surface area contributed by atoms with Gasteiger partial charge < -0.3 is 4.74 Å². The van der Waals surface area contributed by atoms with Crippen molar-refractivity contribution in [3.8, 4) is 5.75 Å². The molecule has 0 aliphatic heterocycles. The Kier molecular flexibility index (Phi) is 4.42. The molecule has 0 heterocycles. The van der Waals surface area contributed by atoms with E-state index in [1.165, 1.54) is 5.39 Å². The van der Waals surface area contributed by atoms with Crippen LogP contribution in [0, 0.1) is 0 Å². The van der Waals surface area contributed by atoms with Crippen LogP contribution in [-0.4, -0.2) is 5.88 Å². The van der Waals surface area contributed by atoms with Gasteiger partial charge in [-0.3, -0.25) is 0 Å². The van der Waals surface area contributed by atoms with Gasteiger partial charge in [0, 0.05) is 17.7 Å². The summed E-state index contributed by atoms with van der Waals surface area (Å²) in [6, 6.07) is 24.7. The Labute approximate surface area is 130 Å². The van der Waals surface area contributed by atoms with Crippen molar-refractivity contribution in [2.75, 3.05) is 5.88 Å². The molecule has 1 nitrogen and oxygen atoms in total. The molecule has 0 aliphatic carbocycles. The molecule has 0 unspecified atom stereocenters. The van der Waals surface area contributed by atoms with Crippen LogP contribution < -0.4 is 4.74 Å². The molecule has 0 bridgehead atoms. The largest absolute Gasteiger partial charge is 0.485 e.